The Hall–Kier alpha value is -3.98. The summed E-state index contributed by atoms with van der Waals surface area (Å²) in [4.78, 5) is 45.8. The molecule has 0 saturated heterocycles. The maximum Gasteiger partial charge on any atom is 0.331 e. The van der Waals surface area contributed by atoms with Crippen LogP contribution in [0, 0.1) is 0 Å². The summed E-state index contributed by atoms with van der Waals surface area (Å²) >= 11 is 3.26. The minimum absolute atomic E-state index is 0.0287. The number of hydrogen-bond donors (Lipinski definition) is 2. The molecule has 0 spiro atoms. The molecule has 284 valence electrons. The summed E-state index contributed by atoms with van der Waals surface area (Å²) in [6, 6.07) is 15.8. The number of carbonyl (C=O) groups is 4. The van der Waals surface area contributed by atoms with Gasteiger partial charge in [0, 0.05) is 41.2 Å². The van der Waals surface area contributed by atoms with E-state index in [1.54, 1.807) is 23.5 Å². The fourth-order valence-electron chi connectivity index (χ4n) is 5.65. The number of thioether (sulfide) groups is 2. The van der Waals surface area contributed by atoms with Crippen molar-refractivity contribution in [3.63, 3.8) is 0 Å². The van der Waals surface area contributed by atoms with Crippen LogP contribution in [0.1, 0.15) is 43.2 Å². The van der Waals surface area contributed by atoms with Gasteiger partial charge in [-0.05, 0) is 60.7 Å². The first kappa shape index (κ1) is 42.4. The van der Waals surface area contributed by atoms with Gasteiger partial charge in [0.25, 0.3) is 0 Å². The largest absolute Gasteiger partial charge is 0.490 e. The van der Waals surface area contributed by atoms with Gasteiger partial charge in [0.1, 0.15) is 24.7 Å². The summed E-state index contributed by atoms with van der Waals surface area (Å²) in [6.45, 7) is 1.22. The summed E-state index contributed by atoms with van der Waals surface area (Å²) in [5, 5.41) is 17.6. The number of aliphatic carboxylic acids is 2. The highest BCUT2D eigenvalue weighted by Crippen LogP contribution is 2.45. The molecule has 0 aromatic heterocycles. The van der Waals surface area contributed by atoms with Crippen LogP contribution in [-0.4, -0.2) is 110 Å². The molecule has 2 atom stereocenters. The van der Waals surface area contributed by atoms with E-state index in [-0.39, 0.29) is 31.8 Å². The van der Waals surface area contributed by atoms with Crippen LogP contribution in [0.4, 0.5) is 0 Å². The lowest BCUT2D eigenvalue weighted by molar-refractivity contribution is -0.148. The molecule has 0 aliphatic heterocycles. The van der Waals surface area contributed by atoms with E-state index in [0.717, 1.165) is 79.0 Å². The Labute approximate surface area is 313 Å². The van der Waals surface area contributed by atoms with Gasteiger partial charge in [-0.15, -0.1) is 0 Å². The van der Waals surface area contributed by atoms with Crippen LogP contribution in [-0.2, 0) is 43.5 Å². The predicted molar refractivity (Wildman–Crippen MR) is 199 cm³/mol. The number of benzene rings is 2. The van der Waals surface area contributed by atoms with Gasteiger partial charge in [0.05, 0.1) is 26.4 Å². The number of hydrogen-bond acceptors (Lipinski definition) is 12. The first-order valence-corrected chi connectivity index (χ1v) is 19.8. The van der Waals surface area contributed by atoms with Gasteiger partial charge in [-0.1, -0.05) is 43.5 Å². The topological polar surface area (TPSA) is 164 Å². The van der Waals surface area contributed by atoms with Crippen LogP contribution < -0.4 is 9.47 Å². The first-order valence-electron chi connectivity index (χ1n) is 17.0. The van der Waals surface area contributed by atoms with E-state index in [2.05, 4.69) is 24.3 Å². The lowest BCUT2D eigenvalue weighted by atomic mass is 9.65. The van der Waals surface area contributed by atoms with E-state index in [0.29, 0.717) is 24.7 Å². The van der Waals surface area contributed by atoms with Crippen molar-refractivity contribution in [3.8, 4) is 11.5 Å². The predicted octanol–water partition coefficient (Wildman–Crippen LogP) is 5.56. The third-order valence-electron chi connectivity index (χ3n) is 8.15. The Morgan fingerprint density at radius 1 is 0.635 bits per heavy atom. The molecule has 12 nitrogen and oxygen atoms in total. The van der Waals surface area contributed by atoms with E-state index >= 15 is 0 Å². The quantitative estimate of drug-likeness (QED) is 0.0777. The second kappa shape index (κ2) is 23.6. The Morgan fingerprint density at radius 3 is 1.40 bits per heavy atom. The average molecular weight is 761 g/mol. The Bertz CT molecular complexity index is 1350. The molecule has 0 radical (unpaired) electrons. The van der Waals surface area contributed by atoms with Gasteiger partial charge in [0.2, 0.25) is 0 Å². The van der Waals surface area contributed by atoms with E-state index in [4.69, 9.17) is 38.6 Å². The maximum absolute atomic E-state index is 12.1. The minimum Gasteiger partial charge on any atom is -0.490 e. The molecule has 2 N–H and O–H groups in total. The molecular formula is C38H48O12S2. The highest BCUT2D eigenvalue weighted by Gasteiger charge is 2.35. The summed E-state index contributed by atoms with van der Waals surface area (Å²) in [7, 11) is 0. The van der Waals surface area contributed by atoms with E-state index in [1.165, 1.54) is 0 Å². The zero-order valence-corrected chi connectivity index (χ0v) is 31.2. The number of rotatable bonds is 24. The molecule has 1 saturated carbocycles. The molecule has 1 aliphatic carbocycles. The van der Waals surface area contributed by atoms with E-state index in [1.807, 2.05) is 36.8 Å². The second-order valence-electron chi connectivity index (χ2n) is 11.9. The molecule has 2 aromatic rings. The van der Waals surface area contributed by atoms with Gasteiger partial charge in [-0.25, -0.2) is 19.2 Å². The Kier molecular flexibility index (Phi) is 19.2. The fraction of sp³-hybridized carbons (Fsp3) is 0.474. The number of carbonyl (C=O) groups excluding carboxylic acids is 2. The van der Waals surface area contributed by atoms with Crippen LogP contribution in [0.5, 0.6) is 11.5 Å². The number of ether oxygens (including phenoxy) is 6. The monoisotopic (exact) mass is 760 g/mol. The van der Waals surface area contributed by atoms with Crippen molar-refractivity contribution < 1.29 is 57.8 Å². The molecule has 3 rings (SSSR count). The number of carboxylic acids is 2. The summed E-state index contributed by atoms with van der Waals surface area (Å²) < 4.78 is 34.0. The molecule has 14 heteroatoms. The van der Waals surface area contributed by atoms with E-state index in [9.17, 15) is 19.2 Å². The molecule has 1 aliphatic rings. The highest BCUT2D eigenvalue weighted by atomic mass is 32.2. The van der Waals surface area contributed by atoms with Crippen LogP contribution in [0.3, 0.4) is 0 Å². The van der Waals surface area contributed by atoms with Crippen LogP contribution in [0.2, 0.25) is 0 Å². The first-order chi connectivity index (χ1) is 25.1. The van der Waals surface area contributed by atoms with Crippen molar-refractivity contribution in [2.45, 2.75) is 49.7 Å². The van der Waals surface area contributed by atoms with E-state index < -0.39 is 36.1 Å². The van der Waals surface area contributed by atoms with Gasteiger partial charge >= 0.3 is 23.9 Å². The van der Waals surface area contributed by atoms with Crippen molar-refractivity contribution in [3.05, 3.63) is 84.0 Å². The lowest BCUT2D eigenvalue weighted by Gasteiger charge is -2.39. The molecule has 2 aromatic carbocycles. The Balaban J connectivity index is 1.68. The fourth-order valence-corrected chi connectivity index (χ4v) is 6.22. The summed E-state index contributed by atoms with van der Waals surface area (Å²) in [5.74, 6) is -1.33. The molecular weight excluding hydrogens is 713 g/mol. The molecule has 1 fully saturated rings. The SMILES string of the molecule is CSCCOCC(COc1ccc(C2(c3ccc(OCC(COCCSC)OC(=O)C=CC(=O)O)cc3)CCCCC2)cc1)OC(=O)C=CC(=O)O. The van der Waals surface area contributed by atoms with Crippen molar-refractivity contribution in [1.29, 1.82) is 0 Å². The molecule has 0 heterocycles. The van der Waals surface area contributed by atoms with Crippen molar-refractivity contribution in [1.82, 2.24) is 0 Å². The molecule has 0 amide bonds. The number of carboxylic acid groups (broad SMARTS) is 2. The average Bonchev–Trinajstić information content (AvgIpc) is 3.15. The van der Waals surface area contributed by atoms with Crippen molar-refractivity contribution in [2.75, 3.05) is 63.7 Å². The lowest BCUT2D eigenvalue weighted by Crippen LogP contribution is -2.31. The summed E-state index contributed by atoms with van der Waals surface area (Å²) in [5.41, 5.74) is 2.09. The second-order valence-corrected chi connectivity index (χ2v) is 13.9. The normalized spacial score (nSPS) is 15.2. The third kappa shape index (κ3) is 15.3. The van der Waals surface area contributed by atoms with Crippen LogP contribution >= 0.6 is 23.5 Å². The molecule has 52 heavy (non-hydrogen) atoms. The van der Waals surface area contributed by atoms with Gasteiger partial charge in [0.15, 0.2) is 12.2 Å². The Morgan fingerprint density at radius 2 is 1.04 bits per heavy atom. The van der Waals surface area contributed by atoms with Gasteiger partial charge in [-0.3, -0.25) is 0 Å². The zero-order chi connectivity index (χ0) is 37.6. The smallest absolute Gasteiger partial charge is 0.331 e. The third-order valence-corrected chi connectivity index (χ3v) is 9.30. The number of esters is 2. The highest BCUT2D eigenvalue weighted by molar-refractivity contribution is 7.98. The van der Waals surface area contributed by atoms with Crippen LogP contribution in [0.25, 0.3) is 0 Å². The standard InChI is InChI=1S/C38H48O12S2/c1-51-22-20-45-24-32(49-36(43)16-14-34(39)40)26-47-30-10-6-28(7-11-30)38(18-4-3-5-19-38)29-8-12-31(13-9-29)48-27-33(25-46-21-23-52-2)50-37(44)17-15-35(41)42/h6-17,32-33H,3-5,18-27H2,1-2H3,(H,39,40)(H,41,42). The van der Waals surface area contributed by atoms with Crippen molar-refractivity contribution in [2.24, 2.45) is 0 Å². The zero-order valence-electron chi connectivity index (χ0n) is 29.6. The minimum atomic E-state index is -1.25. The molecule has 0 bridgehead atoms. The maximum atomic E-state index is 12.1. The van der Waals surface area contributed by atoms with Crippen LogP contribution in [0.15, 0.2) is 72.8 Å². The molecule has 2 unspecified atom stereocenters. The van der Waals surface area contributed by atoms with Gasteiger partial charge in [-0.2, -0.15) is 23.5 Å². The summed E-state index contributed by atoms with van der Waals surface area (Å²) in [6.07, 6.45) is 10.9. The van der Waals surface area contributed by atoms with Crippen molar-refractivity contribution >= 4 is 47.4 Å². The van der Waals surface area contributed by atoms with Gasteiger partial charge < -0.3 is 38.6 Å².